The number of H-pyrrole nitrogens is 1. The minimum Gasteiger partial charge on any atom is -0.351 e. The minimum atomic E-state index is -0.170. The van der Waals surface area contributed by atoms with Crippen molar-refractivity contribution in [1.29, 1.82) is 0 Å². The lowest BCUT2D eigenvalue weighted by Crippen LogP contribution is -2.53. The van der Waals surface area contributed by atoms with Crippen LogP contribution in [0.5, 0.6) is 0 Å². The molecule has 3 aromatic rings. The van der Waals surface area contributed by atoms with Gasteiger partial charge in [0.25, 0.3) is 11.8 Å². The van der Waals surface area contributed by atoms with Crippen LogP contribution in [0.3, 0.4) is 0 Å². The number of halogens is 1. The molecule has 3 N–H and O–H groups in total. The van der Waals surface area contributed by atoms with Crippen molar-refractivity contribution in [3.05, 3.63) is 50.6 Å². The SMILES string of the molecule is CN1CCc2sc(C(=O)N[C@@H]3CCCC[C@@H]3NC(=O)c3cc4cc(Cl)ccc4[nH]3)nc2C1. The van der Waals surface area contributed by atoms with Crippen LogP contribution in [0.1, 0.15) is 56.5 Å². The molecule has 32 heavy (non-hydrogen) atoms. The van der Waals surface area contributed by atoms with Gasteiger partial charge in [0.1, 0.15) is 5.69 Å². The molecule has 2 atom stereocenters. The van der Waals surface area contributed by atoms with Crippen molar-refractivity contribution in [2.24, 2.45) is 0 Å². The van der Waals surface area contributed by atoms with Gasteiger partial charge in [-0.15, -0.1) is 11.3 Å². The first kappa shape index (κ1) is 21.4. The van der Waals surface area contributed by atoms with E-state index in [2.05, 4.69) is 32.5 Å². The van der Waals surface area contributed by atoms with Crippen molar-refractivity contribution < 1.29 is 9.59 Å². The van der Waals surface area contributed by atoms with Gasteiger partial charge in [-0.2, -0.15) is 0 Å². The van der Waals surface area contributed by atoms with Crippen LogP contribution >= 0.6 is 22.9 Å². The van der Waals surface area contributed by atoms with Gasteiger partial charge in [-0.1, -0.05) is 24.4 Å². The van der Waals surface area contributed by atoms with Gasteiger partial charge < -0.3 is 20.5 Å². The van der Waals surface area contributed by atoms with E-state index < -0.39 is 0 Å². The summed E-state index contributed by atoms with van der Waals surface area (Å²) in [6.45, 7) is 1.78. The normalized spacial score (nSPS) is 21.3. The smallest absolute Gasteiger partial charge is 0.280 e. The summed E-state index contributed by atoms with van der Waals surface area (Å²) in [5, 5.41) is 8.33. The zero-order chi connectivity index (χ0) is 22.2. The molecule has 168 valence electrons. The van der Waals surface area contributed by atoms with Gasteiger partial charge >= 0.3 is 0 Å². The van der Waals surface area contributed by atoms with Gasteiger partial charge in [0, 0.05) is 46.0 Å². The number of hydrogen-bond acceptors (Lipinski definition) is 5. The van der Waals surface area contributed by atoms with E-state index in [1.165, 1.54) is 16.2 Å². The van der Waals surface area contributed by atoms with E-state index in [1.807, 2.05) is 18.2 Å². The number of thiazole rings is 1. The summed E-state index contributed by atoms with van der Waals surface area (Å²) >= 11 is 7.56. The summed E-state index contributed by atoms with van der Waals surface area (Å²) in [6, 6.07) is 7.08. The van der Waals surface area contributed by atoms with Crippen LogP contribution in [0.15, 0.2) is 24.3 Å². The highest BCUT2D eigenvalue weighted by atomic mass is 35.5. The van der Waals surface area contributed by atoms with E-state index in [0.717, 1.165) is 61.8 Å². The monoisotopic (exact) mass is 471 g/mol. The summed E-state index contributed by atoms with van der Waals surface area (Å²) in [6.07, 6.45) is 4.67. The van der Waals surface area contributed by atoms with Crippen LogP contribution in [0.2, 0.25) is 5.02 Å². The van der Waals surface area contributed by atoms with Gasteiger partial charge in [-0.3, -0.25) is 9.59 Å². The second-order valence-corrected chi connectivity index (χ2v) is 10.3. The molecule has 2 aliphatic rings. The molecular formula is C23H26ClN5O2S. The number of fused-ring (bicyclic) bond motifs is 2. The lowest BCUT2D eigenvalue weighted by Gasteiger charge is -2.32. The number of amides is 2. The van der Waals surface area contributed by atoms with E-state index >= 15 is 0 Å². The van der Waals surface area contributed by atoms with Crippen molar-refractivity contribution in [3.8, 4) is 0 Å². The number of nitrogens with zero attached hydrogens (tertiary/aromatic N) is 2. The largest absolute Gasteiger partial charge is 0.351 e. The Balaban J connectivity index is 1.27. The van der Waals surface area contributed by atoms with E-state index in [4.69, 9.17) is 11.6 Å². The molecule has 0 saturated heterocycles. The first-order valence-electron chi connectivity index (χ1n) is 11.0. The lowest BCUT2D eigenvalue weighted by atomic mass is 9.90. The standard InChI is InChI=1S/C23H26ClN5O2S/c1-29-9-8-20-19(12-29)28-23(32-20)22(31)27-17-5-3-2-4-16(17)26-21(30)18-11-13-10-14(24)6-7-15(13)25-18/h6-7,10-11,16-17,25H,2-5,8-9,12H2,1H3,(H,26,30)(H,27,31)/t16-,17+/m0/s1. The quantitative estimate of drug-likeness (QED) is 0.540. The fraction of sp³-hybridized carbons (Fsp3) is 0.435. The Hall–Kier alpha value is -2.42. The van der Waals surface area contributed by atoms with Crippen LogP contribution in [-0.4, -0.2) is 52.4 Å². The predicted molar refractivity (Wildman–Crippen MR) is 126 cm³/mol. The first-order chi connectivity index (χ1) is 15.5. The van der Waals surface area contributed by atoms with Crippen molar-refractivity contribution in [2.45, 2.75) is 50.7 Å². The first-order valence-corrected chi connectivity index (χ1v) is 12.2. The lowest BCUT2D eigenvalue weighted by molar-refractivity contribution is 0.0860. The molecular weight excluding hydrogens is 446 g/mol. The average Bonchev–Trinajstić information content (AvgIpc) is 3.38. The average molecular weight is 472 g/mol. The number of likely N-dealkylation sites (N-methyl/N-ethyl adjacent to an activating group) is 1. The molecule has 1 aliphatic carbocycles. The molecule has 0 radical (unpaired) electrons. The van der Waals surface area contributed by atoms with E-state index in [-0.39, 0.29) is 23.9 Å². The number of nitrogens with one attached hydrogen (secondary N) is 3. The molecule has 0 spiro atoms. The molecule has 5 rings (SSSR count). The van der Waals surface area contributed by atoms with Crippen LogP contribution < -0.4 is 10.6 Å². The second kappa shape index (κ2) is 8.84. The maximum absolute atomic E-state index is 13.0. The summed E-state index contributed by atoms with van der Waals surface area (Å²) < 4.78 is 0. The third kappa shape index (κ3) is 4.40. The number of rotatable bonds is 4. The van der Waals surface area contributed by atoms with E-state index in [0.29, 0.717) is 15.7 Å². The van der Waals surface area contributed by atoms with Crippen molar-refractivity contribution in [1.82, 2.24) is 25.5 Å². The van der Waals surface area contributed by atoms with Crippen LogP contribution in [0.4, 0.5) is 0 Å². The predicted octanol–water partition coefficient (Wildman–Crippen LogP) is 3.74. The van der Waals surface area contributed by atoms with E-state index in [9.17, 15) is 9.59 Å². The molecule has 9 heteroatoms. The molecule has 2 amide bonds. The Bertz CT molecular complexity index is 1170. The number of aromatic nitrogens is 2. The topological polar surface area (TPSA) is 90.1 Å². The fourth-order valence-electron chi connectivity index (χ4n) is 4.60. The van der Waals surface area contributed by atoms with Crippen LogP contribution in [-0.2, 0) is 13.0 Å². The van der Waals surface area contributed by atoms with Crippen molar-refractivity contribution >= 4 is 45.7 Å². The summed E-state index contributed by atoms with van der Waals surface area (Å²) in [5.74, 6) is -0.310. The number of carbonyl (C=O) groups is 2. The zero-order valence-electron chi connectivity index (χ0n) is 17.9. The minimum absolute atomic E-state index is 0.109. The number of benzene rings is 1. The van der Waals surface area contributed by atoms with Crippen molar-refractivity contribution in [3.63, 3.8) is 0 Å². The van der Waals surface area contributed by atoms with E-state index in [1.54, 1.807) is 6.07 Å². The Morgan fingerprint density at radius 3 is 2.69 bits per heavy atom. The number of aromatic amines is 1. The molecule has 0 bridgehead atoms. The maximum atomic E-state index is 13.0. The van der Waals surface area contributed by atoms with Gasteiger partial charge in [0.05, 0.1) is 5.69 Å². The number of hydrogen-bond donors (Lipinski definition) is 3. The highest BCUT2D eigenvalue weighted by molar-refractivity contribution is 7.13. The van der Waals surface area contributed by atoms with Gasteiger partial charge in [-0.25, -0.2) is 4.98 Å². The third-order valence-electron chi connectivity index (χ3n) is 6.34. The summed E-state index contributed by atoms with van der Waals surface area (Å²) in [7, 11) is 2.07. The Morgan fingerprint density at radius 2 is 1.91 bits per heavy atom. The Labute approximate surface area is 195 Å². The molecule has 3 heterocycles. The second-order valence-electron chi connectivity index (χ2n) is 8.74. The molecule has 1 aromatic carbocycles. The molecule has 1 aliphatic heterocycles. The van der Waals surface area contributed by atoms with Gasteiger partial charge in [-0.05, 0) is 50.6 Å². The molecule has 1 saturated carbocycles. The van der Waals surface area contributed by atoms with Crippen LogP contribution in [0.25, 0.3) is 10.9 Å². The molecule has 1 fully saturated rings. The summed E-state index contributed by atoms with van der Waals surface area (Å²) in [5.41, 5.74) is 2.38. The van der Waals surface area contributed by atoms with Crippen LogP contribution in [0, 0.1) is 0 Å². The van der Waals surface area contributed by atoms with Crippen molar-refractivity contribution in [2.75, 3.05) is 13.6 Å². The maximum Gasteiger partial charge on any atom is 0.280 e. The zero-order valence-corrected chi connectivity index (χ0v) is 19.5. The Morgan fingerprint density at radius 1 is 1.16 bits per heavy atom. The fourth-order valence-corrected chi connectivity index (χ4v) is 5.75. The third-order valence-corrected chi connectivity index (χ3v) is 7.73. The molecule has 0 unspecified atom stereocenters. The Kier molecular flexibility index (Phi) is 5.92. The highest BCUT2D eigenvalue weighted by Gasteiger charge is 2.30. The highest BCUT2D eigenvalue weighted by Crippen LogP contribution is 2.26. The molecule has 2 aromatic heterocycles. The number of carbonyl (C=O) groups excluding carboxylic acids is 2. The van der Waals surface area contributed by atoms with Gasteiger partial charge in [0.2, 0.25) is 0 Å². The van der Waals surface area contributed by atoms with Gasteiger partial charge in [0.15, 0.2) is 5.01 Å². The molecule has 7 nitrogen and oxygen atoms in total. The summed E-state index contributed by atoms with van der Waals surface area (Å²) in [4.78, 5) is 37.1.